The van der Waals surface area contributed by atoms with Crippen molar-refractivity contribution in [2.24, 2.45) is 0 Å². The average Bonchev–Trinajstić information content (AvgIpc) is 2.34. The minimum absolute atomic E-state index is 0.0799. The molecule has 0 spiro atoms. The van der Waals surface area contributed by atoms with Crippen LogP contribution in [0, 0.1) is 0 Å². The van der Waals surface area contributed by atoms with Crippen molar-refractivity contribution < 1.29 is 9.53 Å². The lowest BCUT2D eigenvalue weighted by molar-refractivity contribution is 0.343. The number of benzene rings is 1. The molecule has 20 heavy (non-hydrogen) atoms. The van der Waals surface area contributed by atoms with E-state index in [1.165, 1.54) is 0 Å². The monoisotopic (exact) mass is 292 g/mol. The average molecular weight is 292 g/mol. The molecule has 0 radical (unpaired) electrons. The van der Waals surface area contributed by atoms with Crippen molar-refractivity contribution in [3.05, 3.63) is 35.9 Å². The van der Waals surface area contributed by atoms with Crippen LogP contribution in [0.25, 0.3) is 5.57 Å². The van der Waals surface area contributed by atoms with Gasteiger partial charge in [-0.05, 0) is 47.8 Å². The first-order chi connectivity index (χ1) is 9.21. The summed E-state index contributed by atoms with van der Waals surface area (Å²) >= 11 is 0. The normalized spacial score (nSPS) is 13.4. The van der Waals surface area contributed by atoms with Crippen molar-refractivity contribution in [2.45, 2.75) is 52.2 Å². The van der Waals surface area contributed by atoms with E-state index in [0.717, 1.165) is 23.3 Å². The Morgan fingerprint density at radius 2 is 1.95 bits per heavy atom. The van der Waals surface area contributed by atoms with Crippen molar-refractivity contribution in [1.82, 2.24) is 0 Å². The number of hydrogen-bond donors (Lipinski definition) is 1. The molecule has 0 unspecified atom stereocenters. The smallest absolute Gasteiger partial charge is 0.250 e. The summed E-state index contributed by atoms with van der Waals surface area (Å²) in [4.78, 5) is 0. The number of hydrogen-bond acceptors (Lipinski definition) is 2. The molecule has 0 bridgehead atoms. The lowest BCUT2D eigenvalue weighted by atomic mass is 10.0. The lowest BCUT2D eigenvalue weighted by Crippen LogP contribution is -2.43. The van der Waals surface area contributed by atoms with Crippen LogP contribution in [0.2, 0.25) is 18.1 Å². The van der Waals surface area contributed by atoms with Crippen molar-refractivity contribution >= 4 is 13.9 Å². The molecule has 0 heterocycles. The molecule has 1 aromatic carbocycles. The van der Waals surface area contributed by atoms with Gasteiger partial charge in [-0.1, -0.05) is 45.9 Å². The lowest BCUT2D eigenvalue weighted by Gasteiger charge is -2.36. The number of allylic oxidation sites excluding steroid dienone is 1. The second-order valence-electron chi connectivity index (χ2n) is 6.66. The minimum atomic E-state index is -1.80. The highest BCUT2D eigenvalue weighted by Gasteiger charge is 2.38. The van der Waals surface area contributed by atoms with Crippen LogP contribution in [0.4, 0.5) is 0 Å². The maximum absolute atomic E-state index is 9.09. The molecule has 0 saturated carbocycles. The Morgan fingerprint density at radius 3 is 2.45 bits per heavy atom. The molecular formula is C17H28O2Si. The standard InChI is InChI=1S/C17H28O2Si/c1-7-14(11-12-18)15-9-8-10-16(13-15)19-20(5,6)17(2,3)4/h8-11,13,18H,7,12H2,1-6H3/b14-11-. The molecule has 0 aromatic heterocycles. The van der Waals surface area contributed by atoms with Gasteiger partial charge in [-0.25, -0.2) is 0 Å². The quantitative estimate of drug-likeness (QED) is 0.786. The van der Waals surface area contributed by atoms with Crippen LogP contribution in [-0.2, 0) is 0 Å². The van der Waals surface area contributed by atoms with Gasteiger partial charge in [0, 0.05) is 0 Å². The van der Waals surface area contributed by atoms with Gasteiger partial charge in [0.2, 0.25) is 8.32 Å². The van der Waals surface area contributed by atoms with Crippen LogP contribution in [-0.4, -0.2) is 20.0 Å². The maximum atomic E-state index is 9.09. The Morgan fingerprint density at radius 1 is 1.30 bits per heavy atom. The molecule has 0 fully saturated rings. The Labute approximate surface area is 124 Å². The molecule has 3 heteroatoms. The summed E-state index contributed by atoms with van der Waals surface area (Å²) in [5, 5.41) is 9.28. The summed E-state index contributed by atoms with van der Waals surface area (Å²) < 4.78 is 6.33. The Kier molecular flexibility index (Phi) is 5.60. The minimum Gasteiger partial charge on any atom is -0.543 e. The van der Waals surface area contributed by atoms with Gasteiger partial charge < -0.3 is 9.53 Å². The highest BCUT2D eigenvalue weighted by Crippen LogP contribution is 2.37. The van der Waals surface area contributed by atoms with E-state index in [9.17, 15) is 0 Å². The van der Waals surface area contributed by atoms with Crippen LogP contribution in [0.1, 0.15) is 39.7 Å². The molecule has 2 nitrogen and oxygen atoms in total. The highest BCUT2D eigenvalue weighted by molar-refractivity contribution is 6.74. The Hall–Kier alpha value is -1.06. The number of aliphatic hydroxyl groups excluding tert-OH is 1. The molecule has 0 aliphatic carbocycles. The van der Waals surface area contributed by atoms with E-state index >= 15 is 0 Å². The molecule has 0 aliphatic heterocycles. The second kappa shape index (κ2) is 6.59. The second-order valence-corrected chi connectivity index (χ2v) is 11.4. The van der Waals surface area contributed by atoms with Crippen LogP contribution in [0.3, 0.4) is 0 Å². The first-order valence-corrected chi connectivity index (χ1v) is 10.2. The summed E-state index contributed by atoms with van der Waals surface area (Å²) in [6.07, 6.45) is 2.77. The zero-order valence-electron chi connectivity index (χ0n) is 13.7. The molecule has 0 amide bonds. The van der Waals surface area contributed by atoms with E-state index in [1.807, 2.05) is 18.2 Å². The van der Waals surface area contributed by atoms with Crippen molar-refractivity contribution in [3.8, 4) is 5.75 Å². The van der Waals surface area contributed by atoms with Gasteiger partial charge in [0.25, 0.3) is 0 Å². The zero-order valence-corrected chi connectivity index (χ0v) is 14.7. The molecular weight excluding hydrogens is 264 g/mol. The maximum Gasteiger partial charge on any atom is 0.250 e. The molecule has 1 N–H and O–H groups in total. The van der Waals surface area contributed by atoms with Crippen LogP contribution < -0.4 is 4.43 Å². The number of aliphatic hydroxyl groups is 1. The molecule has 0 saturated heterocycles. The summed E-state index contributed by atoms with van der Waals surface area (Å²) in [6.45, 7) is 13.4. The zero-order chi connectivity index (χ0) is 15.4. The summed E-state index contributed by atoms with van der Waals surface area (Å²) in [5.74, 6) is 0.936. The fourth-order valence-electron chi connectivity index (χ4n) is 1.78. The summed E-state index contributed by atoms with van der Waals surface area (Å²) in [6, 6.07) is 8.21. The van der Waals surface area contributed by atoms with Crippen molar-refractivity contribution in [3.63, 3.8) is 0 Å². The third-order valence-corrected chi connectivity index (χ3v) is 8.46. The number of rotatable bonds is 5. The van der Waals surface area contributed by atoms with Gasteiger partial charge in [-0.2, -0.15) is 0 Å². The Bertz CT molecular complexity index is 470. The SMILES string of the molecule is CC/C(=C/CO)c1cccc(O[Si](C)(C)C(C)(C)C)c1. The van der Waals surface area contributed by atoms with Gasteiger partial charge in [0.1, 0.15) is 5.75 Å². The van der Waals surface area contributed by atoms with Crippen LogP contribution in [0.5, 0.6) is 5.75 Å². The van der Waals surface area contributed by atoms with E-state index < -0.39 is 8.32 Å². The van der Waals surface area contributed by atoms with Gasteiger partial charge in [-0.15, -0.1) is 0 Å². The largest absolute Gasteiger partial charge is 0.543 e. The molecule has 112 valence electrons. The van der Waals surface area contributed by atoms with Crippen molar-refractivity contribution in [1.29, 1.82) is 0 Å². The first kappa shape index (κ1) is 17.0. The van der Waals surface area contributed by atoms with E-state index in [-0.39, 0.29) is 11.6 Å². The van der Waals surface area contributed by atoms with E-state index in [1.54, 1.807) is 0 Å². The first-order valence-electron chi connectivity index (χ1n) is 7.30. The van der Waals surface area contributed by atoms with Gasteiger partial charge in [0.05, 0.1) is 6.61 Å². The molecule has 0 atom stereocenters. The fourth-order valence-corrected chi connectivity index (χ4v) is 2.81. The predicted octanol–water partition coefficient (Wildman–Crippen LogP) is 4.86. The molecule has 1 rings (SSSR count). The van der Waals surface area contributed by atoms with Crippen molar-refractivity contribution in [2.75, 3.05) is 6.61 Å². The van der Waals surface area contributed by atoms with Gasteiger partial charge in [0.15, 0.2) is 0 Å². The molecule has 0 aliphatic rings. The van der Waals surface area contributed by atoms with Gasteiger partial charge in [-0.3, -0.25) is 0 Å². The van der Waals surface area contributed by atoms with Crippen LogP contribution >= 0.6 is 0 Å². The topological polar surface area (TPSA) is 29.5 Å². The van der Waals surface area contributed by atoms with Gasteiger partial charge >= 0.3 is 0 Å². The van der Waals surface area contributed by atoms with Crippen LogP contribution in [0.15, 0.2) is 30.3 Å². The highest BCUT2D eigenvalue weighted by atomic mass is 28.4. The van der Waals surface area contributed by atoms with E-state index in [2.05, 4.69) is 52.9 Å². The third-order valence-electron chi connectivity index (χ3n) is 4.10. The Balaban J connectivity index is 3.03. The summed E-state index contributed by atoms with van der Waals surface area (Å²) in [5.41, 5.74) is 2.30. The van der Waals surface area contributed by atoms with E-state index in [4.69, 9.17) is 9.53 Å². The summed E-state index contributed by atoms with van der Waals surface area (Å²) in [7, 11) is -1.80. The predicted molar refractivity (Wildman–Crippen MR) is 89.6 cm³/mol. The third kappa shape index (κ3) is 4.22. The van der Waals surface area contributed by atoms with E-state index in [0.29, 0.717) is 0 Å². The molecule has 1 aromatic rings. The fraction of sp³-hybridized carbons (Fsp3) is 0.529.